The number of hydrogen-bond donors (Lipinski definition) is 3. The molecule has 128 valence electrons. The zero-order chi connectivity index (χ0) is 16.2. The number of amides is 2. The highest BCUT2D eigenvalue weighted by Crippen LogP contribution is 2.13. The Bertz CT molecular complexity index is 532. The van der Waals surface area contributed by atoms with E-state index < -0.39 is 0 Å². The van der Waals surface area contributed by atoms with Gasteiger partial charge >= 0.3 is 0 Å². The number of carbonyl (C=O) groups is 2. The maximum atomic E-state index is 12.0. The van der Waals surface area contributed by atoms with Crippen molar-refractivity contribution < 1.29 is 9.59 Å². The van der Waals surface area contributed by atoms with Crippen LogP contribution < -0.4 is 16.0 Å². The average Bonchev–Trinajstić information content (AvgIpc) is 2.90. The van der Waals surface area contributed by atoms with E-state index in [-0.39, 0.29) is 35.8 Å². The van der Waals surface area contributed by atoms with Gasteiger partial charge in [0.2, 0.25) is 5.91 Å². The van der Waals surface area contributed by atoms with Crippen molar-refractivity contribution in [2.24, 2.45) is 0 Å². The van der Waals surface area contributed by atoms with Crippen LogP contribution in [-0.2, 0) is 4.79 Å². The molecule has 1 atom stereocenters. The van der Waals surface area contributed by atoms with Crippen molar-refractivity contribution in [3.05, 3.63) is 29.8 Å². The lowest BCUT2D eigenvalue weighted by molar-refractivity contribution is -0.116. The van der Waals surface area contributed by atoms with E-state index in [4.69, 9.17) is 0 Å². The van der Waals surface area contributed by atoms with Crippen molar-refractivity contribution in [3.8, 4) is 0 Å². The fourth-order valence-electron chi connectivity index (χ4n) is 2.48. The van der Waals surface area contributed by atoms with Gasteiger partial charge in [0.05, 0.1) is 0 Å². The highest BCUT2D eigenvalue weighted by molar-refractivity contribution is 5.96. The van der Waals surface area contributed by atoms with Crippen LogP contribution in [0.4, 0.5) is 5.69 Å². The van der Waals surface area contributed by atoms with E-state index in [1.807, 2.05) is 20.8 Å². The third-order valence-electron chi connectivity index (χ3n) is 3.51. The van der Waals surface area contributed by atoms with E-state index in [9.17, 15) is 9.59 Å². The summed E-state index contributed by atoms with van der Waals surface area (Å²) in [6.45, 7) is 6.82. The van der Waals surface area contributed by atoms with Crippen LogP contribution in [0.1, 0.15) is 50.4 Å². The molecule has 2 rings (SSSR count). The molecule has 6 heteroatoms. The Balaban J connectivity index is 0.00000264. The van der Waals surface area contributed by atoms with E-state index in [1.165, 1.54) is 0 Å². The minimum absolute atomic E-state index is 0. The standard InChI is InChI=1S/C17H25N3O2.ClH/c1-17(2,3)20-16(22)12-6-8-13(9-7-12)19-15(21)11-14-5-4-10-18-14;/h6-9,14,18H,4-5,10-11H2,1-3H3,(H,19,21)(H,20,22);1H. The molecule has 1 saturated heterocycles. The molecule has 1 heterocycles. The molecular formula is C17H26ClN3O2. The molecule has 0 saturated carbocycles. The van der Waals surface area contributed by atoms with Gasteiger partial charge in [-0.25, -0.2) is 0 Å². The Morgan fingerprint density at radius 2 is 1.87 bits per heavy atom. The Kier molecular flexibility index (Phi) is 7.03. The van der Waals surface area contributed by atoms with E-state index >= 15 is 0 Å². The first-order valence-electron chi connectivity index (χ1n) is 7.79. The summed E-state index contributed by atoms with van der Waals surface area (Å²) >= 11 is 0. The van der Waals surface area contributed by atoms with Crippen LogP contribution in [0.15, 0.2) is 24.3 Å². The summed E-state index contributed by atoms with van der Waals surface area (Å²) in [5, 5.41) is 9.09. The lowest BCUT2D eigenvalue weighted by Gasteiger charge is -2.20. The summed E-state index contributed by atoms with van der Waals surface area (Å²) in [6, 6.07) is 7.27. The molecule has 0 bridgehead atoms. The minimum Gasteiger partial charge on any atom is -0.347 e. The van der Waals surface area contributed by atoms with Crippen LogP contribution in [0, 0.1) is 0 Å². The summed E-state index contributed by atoms with van der Waals surface area (Å²) < 4.78 is 0. The molecule has 3 N–H and O–H groups in total. The number of nitrogens with one attached hydrogen (secondary N) is 3. The van der Waals surface area contributed by atoms with Gasteiger partial charge < -0.3 is 16.0 Å². The predicted octanol–water partition coefficient (Wildman–Crippen LogP) is 2.72. The smallest absolute Gasteiger partial charge is 0.251 e. The highest BCUT2D eigenvalue weighted by Gasteiger charge is 2.18. The maximum Gasteiger partial charge on any atom is 0.251 e. The molecule has 1 aliphatic rings. The van der Waals surface area contributed by atoms with Crippen molar-refractivity contribution in [3.63, 3.8) is 0 Å². The van der Waals surface area contributed by atoms with Gasteiger partial charge in [0.25, 0.3) is 5.91 Å². The Morgan fingerprint density at radius 1 is 1.22 bits per heavy atom. The molecule has 1 aromatic carbocycles. The summed E-state index contributed by atoms with van der Waals surface area (Å²) in [5.41, 5.74) is 1.04. The molecule has 0 spiro atoms. The third kappa shape index (κ3) is 6.59. The molecule has 23 heavy (non-hydrogen) atoms. The van der Waals surface area contributed by atoms with E-state index in [1.54, 1.807) is 24.3 Å². The van der Waals surface area contributed by atoms with Crippen LogP contribution in [0.3, 0.4) is 0 Å². The molecule has 0 radical (unpaired) electrons. The number of halogens is 1. The number of anilines is 1. The monoisotopic (exact) mass is 339 g/mol. The summed E-state index contributed by atoms with van der Waals surface area (Å²) in [4.78, 5) is 24.0. The first-order chi connectivity index (χ1) is 10.3. The van der Waals surface area contributed by atoms with Crippen molar-refractivity contribution in [1.29, 1.82) is 0 Å². The summed E-state index contributed by atoms with van der Waals surface area (Å²) in [5.74, 6) is -0.105. The van der Waals surface area contributed by atoms with Crippen LogP contribution in [0.5, 0.6) is 0 Å². The SMILES string of the molecule is CC(C)(C)NC(=O)c1ccc(NC(=O)CC2CCCN2)cc1.Cl. The topological polar surface area (TPSA) is 70.2 Å². The Hall–Kier alpha value is -1.59. The summed E-state index contributed by atoms with van der Waals surface area (Å²) in [6.07, 6.45) is 2.68. The van der Waals surface area contributed by atoms with Crippen molar-refractivity contribution in [2.45, 2.75) is 51.6 Å². The molecule has 1 fully saturated rings. The van der Waals surface area contributed by atoms with Crippen LogP contribution in [0.25, 0.3) is 0 Å². The Labute approximate surface area is 144 Å². The van der Waals surface area contributed by atoms with Gasteiger partial charge in [-0.15, -0.1) is 12.4 Å². The molecule has 1 unspecified atom stereocenters. The number of hydrogen-bond acceptors (Lipinski definition) is 3. The van der Waals surface area contributed by atoms with Crippen molar-refractivity contribution in [1.82, 2.24) is 10.6 Å². The van der Waals surface area contributed by atoms with Crippen LogP contribution in [-0.4, -0.2) is 29.9 Å². The first kappa shape index (κ1) is 19.5. The van der Waals surface area contributed by atoms with Crippen molar-refractivity contribution in [2.75, 3.05) is 11.9 Å². The normalized spacial score (nSPS) is 17.3. The second-order valence-electron chi connectivity index (χ2n) is 6.83. The number of benzene rings is 1. The Morgan fingerprint density at radius 3 is 2.39 bits per heavy atom. The van der Waals surface area contributed by atoms with Gasteiger partial charge in [-0.2, -0.15) is 0 Å². The number of carbonyl (C=O) groups excluding carboxylic acids is 2. The fraction of sp³-hybridized carbons (Fsp3) is 0.529. The van der Waals surface area contributed by atoms with Crippen LogP contribution in [0.2, 0.25) is 0 Å². The van der Waals surface area contributed by atoms with Gasteiger partial charge in [0, 0.05) is 29.3 Å². The third-order valence-corrected chi connectivity index (χ3v) is 3.51. The fourth-order valence-corrected chi connectivity index (χ4v) is 2.48. The lowest BCUT2D eigenvalue weighted by atomic mass is 10.1. The molecule has 0 aliphatic carbocycles. The zero-order valence-electron chi connectivity index (χ0n) is 13.9. The second-order valence-corrected chi connectivity index (χ2v) is 6.83. The molecular weight excluding hydrogens is 314 g/mol. The first-order valence-corrected chi connectivity index (χ1v) is 7.79. The van der Waals surface area contributed by atoms with E-state index in [2.05, 4.69) is 16.0 Å². The molecule has 1 aromatic rings. The van der Waals surface area contributed by atoms with Gasteiger partial charge in [-0.1, -0.05) is 0 Å². The number of rotatable bonds is 4. The maximum absolute atomic E-state index is 12.0. The quantitative estimate of drug-likeness (QED) is 0.790. The molecule has 2 amide bonds. The minimum atomic E-state index is -0.266. The molecule has 5 nitrogen and oxygen atoms in total. The van der Waals surface area contributed by atoms with Crippen molar-refractivity contribution >= 4 is 29.9 Å². The molecule has 1 aliphatic heterocycles. The van der Waals surface area contributed by atoms with Gasteiger partial charge in [0.1, 0.15) is 0 Å². The lowest BCUT2D eigenvalue weighted by Crippen LogP contribution is -2.40. The van der Waals surface area contributed by atoms with E-state index in [0.717, 1.165) is 25.1 Å². The second kappa shape index (κ2) is 8.31. The van der Waals surface area contributed by atoms with Gasteiger partial charge in [-0.3, -0.25) is 9.59 Å². The van der Waals surface area contributed by atoms with Gasteiger partial charge in [-0.05, 0) is 64.4 Å². The predicted molar refractivity (Wildman–Crippen MR) is 95.2 cm³/mol. The highest BCUT2D eigenvalue weighted by atomic mass is 35.5. The largest absolute Gasteiger partial charge is 0.347 e. The summed E-state index contributed by atoms with van der Waals surface area (Å²) in [7, 11) is 0. The van der Waals surface area contributed by atoms with Crippen LogP contribution >= 0.6 is 12.4 Å². The average molecular weight is 340 g/mol. The van der Waals surface area contributed by atoms with E-state index in [0.29, 0.717) is 12.0 Å². The van der Waals surface area contributed by atoms with Gasteiger partial charge in [0.15, 0.2) is 0 Å². The molecule has 0 aromatic heterocycles. The zero-order valence-corrected chi connectivity index (χ0v) is 14.8.